The van der Waals surface area contributed by atoms with E-state index in [4.69, 9.17) is 4.52 Å². The number of benzene rings is 2. The molecule has 35 heavy (non-hydrogen) atoms. The van der Waals surface area contributed by atoms with Gasteiger partial charge in [-0.15, -0.1) is 0 Å². The second-order valence-corrected chi connectivity index (χ2v) is 9.41. The van der Waals surface area contributed by atoms with Crippen molar-refractivity contribution in [1.82, 2.24) is 19.9 Å². The van der Waals surface area contributed by atoms with E-state index in [1.165, 1.54) is 24.3 Å². The van der Waals surface area contributed by atoms with Crippen LogP contribution in [-0.4, -0.2) is 52.2 Å². The first-order valence-electron chi connectivity index (χ1n) is 11.5. The maximum absolute atomic E-state index is 13.6. The molecule has 3 heterocycles. The number of halogens is 4. The first-order chi connectivity index (χ1) is 16.7. The number of urea groups is 1. The Labute approximate surface area is 199 Å². The Hall–Kier alpha value is -3.43. The molecule has 0 aliphatic carbocycles. The molecule has 2 aliphatic heterocycles. The molecule has 2 amide bonds. The molecule has 5 rings (SSSR count). The van der Waals surface area contributed by atoms with Crippen LogP contribution in [0.15, 0.2) is 53.1 Å². The summed E-state index contributed by atoms with van der Waals surface area (Å²) in [5.74, 6) is 0.0578. The molecule has 0 radical (unpaired) electrons. The zero-order valence-corrected chi connectivity index (χ0v) is 19.0. The number of carbonyl (C=O) groups excluding carboxylic acids is 1. The lowest BCUT2D eigenvalue weighted by Crippen LogP contribution is -2.56. The van der Waals surface area contributed by atoms with E-state index in [-0.39, 0.29) is 23.7 Å². The number of likely N-dealkylation sites (tertiary alicyclic amines) is 2. The molecule has 0 spiro atoms. The van der Waals surface area contributed by atoms with Crippen molar-refractivity contribution in [3.63, 3.8) is 0 Å². The third-order valence-corrected chi connectivity index (χ3v) is 6.64. The van der Waals surface area contributed by atoms with E-state index < -0.39 is 17.6 Å². The van der Waals surface area contributed by atoms with Crippen LogP contribution < -0.4 is 0 Å². The largest absolute Gasteiger partial charge is 0.416 e. The number of nitrogens with zero attached hydrogens (tertiary/aromatic N) is 4. The third-order valence-electron chi connectivity index (χ3n) is 6.64. The summed E-state index contributed by atoms with van der Waals surface area (Å²) >= 11 is 0. The van der Waals surface area contributed by atoms with Gasteiger partial charge < -0.3 is 14.3 Å². The summed E-state index contributed by atoms with van der Waals surface area (Å²) in [5, 5.41) is 3.99. The van der Waals surface area contributed by atoms with Gasteiger partial charge in [0.25, 0.3) is 0 Å². The molecule has 1 aromatic heterocycles. The highest BCUT2D eigenvalue weighted by Crippen LogP contribution is 2.38. The van der Waals surface area contributed by atoms with Crippen LogP contribution in [0.2, 0.25) is 0 Å². The van der Waals surface area contributed by atoms with Crippen molar-refractivity contribution >= 4 is 6.03 Å². The van der Waals surface area contributed by atoms with Gasteiger partial charge in [-0.3, -0.25) is 0 Å². The van der Waals surface area contributed by atoms with Crippen molar-refractivity contribution in [3.05, 3.63) is 71.4 Å². The average Bonchev–Trinajstić information content (AvgIpc) is 3.31. The quantitative estimate of drug-likeness (QED) is 0.454. The number of alkyl halides is 3. The molecule has 6 nitrogen and oxygen atoms in total. The maximum atomic E-state index is 13.6. The topological polar surface area (TPSA) is 62.5 Å². The number of carbonyl (C=O) groups is 1. The van der Waals surface area contributed by atoms with Crippen molar-refractivity contribution in [2.45, 2.75) is 31.4 Å². The second-order valence-electron chi connectivity index (χ2n) is 9.41. The SMILES string of the molecule is CC1CN(C(=O)N2CC(c3ccc(C(F)(F)F)cc3)CC(c3nc(-c4cccc(F)c4)no3)C2)C1. The average molecular weight is 488 g/mol. The molecule has 2 atom stereocenters. The summed E-state index contributed by atoms with van der Waals surface area (Å²) in [7, 11) is 0. The number of hydrogen-bond donors (Lipinski definition) is 0. The van der Waals surface area contributed by atoms with Crippen molar-refractivity contribution < 1.29 is 26.9 Å². The van der Waals surface area contributed by atoms with E-state index in [2.05, 4.69) is 17.1 Å². The minimum absolute atomic E-state index is 0.102. The van der Waals surface area contributed by atoms with Crippen LogP contribution in [0.3, 0.4) is 0 Å². The number of piperidine rings is 1. The predicted octanol–water partition coefficient (Wildman–Crippen LogP) is 5.54. The minimum Gasteiger partial charge on any atom is -0.339 e. The van der Waals surface area contributed by atoms with E-state index in [1.54, 1.807) is 21.9 Å². The van der Waals surface area contributed by atoms with Gasteiger partial charge in [0.05, 0.1) is 11.5 Å². The highest BCUT2D eigenvalue weighted by Gasteiger charge is 2.39. The molecule has 10 heteroatoms. The number of amides is 2. The number of hydrogen-bond acceptors (Lipinski definition) is 4. The van der Waals surface area contributed by atoms with Crippen molar-refractivity contribution in [2.24, 2.45) is 5.92 Å². The molecule has 2 aromatic carbocycles. The molecule has 0 bridgehead atoms. The van der Waals surface area contributed by atoms with Crippen LogP contribution in [-0.2, 0) is 6.18 Å². The molecule has 3 aromatic rings. The standard InChI is InChI=1S/C25H24F4N4O2/c1-15-11-32(12-15)24(34)33-13-18(16-5-7-20(8-6-16)25(27,28)29)9-19(14-33)23-30-22(31-35-23)17-3-2-4-21(26)10-17/h2-8,10,15,18-19H,9,11-14H2,1H3. The Morgan fingerprint density at radius 3 is 2.34 bits per heavy atom. The van der Waals surface area contributed by atoms with Crippen LogP contribution in [0.25, 0.3) is 11.4 Å². The summed E-state index contributed by atoms with van der Waals surface area (Å²) in [6, 6.07) is 10.8. The second kappa shape index (κ2) is 8.98. The zero-order chi connectivity index (χ0) is 24.7. The predicted molar refractivity (Wildman–Crippen MR) is 119 cm³/mol. The fraction of sp³-hybridized carbons (Fsp3) is 0.400. The molecular weight excluding hydrogens is 464 g/mol. The summed E-state index contributed by atoms with van der Waals surface area (Å²) < 4.78 is 58.3. The van der Waals surface area contributed by atoms with Crippen LogP contribution in [0.4, 0.5) is 22.4 Å². The monoisotopic (exact) mass is 488 g/mol. The van der Waals surface area contributed by atoms with Gasteiger partial charge in [-0.25, -0.2) is 9.18 Å². The Morgan fingerprint density at radius 2 is 1.69 bits per heavy atom. The van der Waals surface area contributed by atoms with Gasteiger partial charge in [-0.05, 0) is 42.2 Å². The lowest BCUT2D eigenvalue weighted by atomic mass is 9.84. The van der Waals surface area contributed by atoms with Gasteiger partial charge >= 0.3 is 12.2 Å². The smallest absolute Gasteiger partial charge is 0.339 e. The highest BCUT2D eigenvalue weighted by molar-refractivity contribution is 5.75. The Bertz CT molecular complexity index is 1200. The van der Waals surface area contributed by atoms with E-state index in [0.29, 0.717) is 55.5 Å². The molecule has 0 N–H and O–H groups in total. The summed E-state index contributed by atoms with van der Waals surface area (Å²) in [5.41, 5.74) is 0.465. The highest BCUT2D eigenvalue weighted by atomic mass is 19.4. The van der Waals surface area contributed by atoms with Crippen LogP contribution in [0.5, 0.6) is 0 Å². The first-order valence-corrected chi connectivity index (χ1v) is 11.5. The Kier molecular flexibility index (Phi) is 5.98. The fourth-order valence-electron chi connectivity index (χ4n) is 4.82. The first kappa shape index (κ1) is 23.3. The molecule has 2 saturated heterocycles. The number of aromatic nitrogens is 2. The molecule has 184 valence electrons. The molecule has 2 unspecified atom stereocenters. The summed E-state index contributed by atoms with van der Waals surface area (Å²) in [6.45, 7) is 4.16. The summed E-state index contributed by atoms with van der Waals surface area (Å²) in [6.07, 6.45) is -3.89. The van der Waals surface area contributed by atoms with Crippen LogP contribution >= 0.6 is 0 Å². The van der Waals surface area contributed by atoms with Crippen LogP contribution in [0, 0.1) is 11.7 Å². The lowest BCUT2D eigenvalue weighted by Gasteiger charge is -2.44. The van der Waals surface area contributed by atoms with Gasteiger partial charge in [0.1, 0.15) is 5.82 Å². The Morgan fingerprint density at radius 1 is 1.00 bits per heavy atom. The van der Waals surface area contributed by atoms with Gasteiger partial charge in [0.15, 0.2) is 0 Å². The van der Waals surface area contributed by atoms with Gasteiger partial charge in [0.2, 0.25) is 11.7 Å². The molecular formula is C25H24F4N4O2. The fourth-order valence-corrected chi connectivity index (χ4v) is 4.82. The van der Waals surface area contributed by atoms with Gasteiger partial charge in [-0.1, -0.05) is 36.3 Å². The van der Waals surface area contributed by atoms with E-state index in [9.17, 15) is 22.4 Å². The van der Waals surface area contributed by atoms with Gasteiger partial charge in [-0.2, -0.15) is 18.2 Å². The zero-order valence-electron chi connectivity index (χ0n) is 19.0. The number of rotatable bonds is 3. The third kappa shape index (κ3) is 4.87. The van der Waals surface area contributed by atoms with E-state index >= 15 is 0 Å². The maximum Gasteiger partial charge on any atom is 0.416 e. The van der Waals surface area contributed by atoms with Gasteiger partial charge in [0, 0.05) is 37.7 Å². The van der Waals surface area contributed by atoms with E-state index in [1.807, 2.05) is 0 Å². The van der Waals surface area contributed by atoms with E-state index in [0.717, 1.165) is 12.1 Å². The van der Waals surface area contributed by atoms with Crippen molar-refractivity contribution in [3.8, 4) is 11.4 Å². The molecule has 2 fully saturated rings. The Balaban J connectivity index is 1.41. The van der Waals surface area contributed by atoms with Crippen molar-refractivity contribution in [1.29, 1.82) is 0 Å². The minimum atomic E-state index is -4.42. The normalized spacial score (nSPS) is 21.2. The summed E-state index contributed by atoms with van der Waals surface area (Å²) in [4.78, 5) is 21.1. The lowest BCUT2D eigenvalue weighted by molar-refractivity contribution is -0.137. The van der Waals surface area contributed by atoms with Crippen molar-refractivity contribution in [2.75, 3.05) is 26.2 Å². The molecule has 2 aliphatic rings. The molecule has 0 saturated carbocycles. The van der Waals surface area contributed by atoms with Crippen LogP contribution in [0.1, 0.15) is 42.2 Å².